The fraction of sp³-hybridized carbons (Fsp3) is 0.412. The topological polar surface area (TPSA) is 44.3 Å². The Kier molecular flexibility index (Phi) is 2.63. The molecule has 1 spiro atoms. The summed E-state index contributed by atoms with van der Waals surface area (Å²) < 4.78 is 16.7. The monoisotopic (exact) mass is 312 g/mol. The standard InChI is InChI=1S/C17H21BN2O3/c1-12-9-10-19-14(11-12)20-13(7-6-8-15(20)21)18(19)22-16(2,3)17(4,5)23-18/h6-11H,1-5H3. The average Bonchev–Trinajstić information content (AvgIpc) is 2.79. The Morgan fingerprint density at radius 1 is 1.09 bits per heavy atom. The Bertz CT molecular complexity index is 870. The predicted molar refractivity (Wildman–Crippen MR) is 88.1 cm³/mol. The first kappa shape index (κ1) is 14.7. The van der Waals surface area contributed by atoms with Crippen LogP contribution in [0.5, 0.6) is 0 Å². The summed E-state index contributed by atoms with van der Waals surface area (Å²) in [5, 5.41) is 0. The normalized spacial score (nSPS) is 22.1. The van der Waals surface area contributed by atoms with E-state index in [4.69, 9.17) is 9.31 Å². The van der Waals surface area contributed by atoms with E-state index in [1.165, 1.54) is 0 Å². The fourth-order valence-electron chi connectivity index (χ4n) is 3.59. The molecule has 0 aliphatic carbocycles. The first-order valence-electron chi connectivity index (χ1n) is 7.98. The summed E-state index contributed by atoms with van der Waals surface area (Å²) in [6.07, 6.45) is 1.95. The highest BCUT2D eigenvalue weighted by Gasteiger charge is 2.63. The molecule has 0 saturated carbocycles. The van der Waals surface area contributed by atoms with Crippen molar-refractivity contribution in [3.05, 3.63) is 52.4 Å². The van der Waals surface area contributed by atoms with Gasteiger partial charge in [-0.25, -0.2) is 4.79 Å². The van der Waals surface area contributed by atoms with Gasteiger partial charge in [-0.05, 0) is 52.3 Å². The molecule has 0 N–H and O–H groups in total. The Balaban J connectivity index is 2.09. The fourth-order valence-corrected chi connectivity index (χ4v) is 3.59. The number of hydrogen-bond donors (Lipinski definition) is 0. The van der Waals surface area contributed by atoms with E-state index in [2.05, 4.69) is 0 Å². The van der Waals surface area contributed by atoms with Crippen molar-refractivity contribution in [2.45, 2.75) is 45.8 Å². The van der Waals surface area contributed by atoms with Crippen LogP contribution in [0.15, 0.2) is 41.3 Å². The lowest BCUT2D eigenvalue weighted by atomic mass is 9.67. The summed E-state index contributed by atoms with van der Waals surface area (Å²) in [5.41, 5.74) is 0.811. The summed E-state index contributed by atoms with van der Waals surface area (Å²) >= 11 is 0. The van der Waals surface area contributed by atoms with Crippen LogP contribution >= 0.6 is 0 Å². The third kappa shape index (κ3) is 1.70. The molecule has 4 heterocycles. The number of rotatable bonds is 0. The molecule has 0 amide bonds. The molecule has 2 aromatic rings. The van der Waals surface area contributed by atoms with E-state index in [-0.39, 0.29) is 5.56 Å². The quantitative estimate of drug-likeness (QED) is 0.683. The molecule has 2 aromatic heterocycles. The number of aromatic nitrogens is 2. The van der Waals surface area contributed by atoms with Gasteiger partial charge in [0.2, 0.25) is 5.82 Å². The van der Waals surface area contributed by atoms with Crippen LogP contribution in [0.25, 0.3) is 5.82 Å². The summed E-state index contributed by atoms with van der Waals surface area (Å²) in [4.78, 5) is 12.5. The van der Waals surface area contributed by atoms with Crippen LogP contribution in [0.4, 0.5) is 0 Å². The number of fused-ring (bicyclic) bond motifs is 5. The second-order valence-electron chi connectivity index (χ2n) is 7.52. The molecular weight excluding hydrogens is 291 g/mol. The van der Waals surface area contributed by atoms with Crippen molar-refractivity contribution in [2.24, 2.45) is 0 Å². The van der Waals surface area contributed by atoms with Gasteiger partial charge in [0, 0.05) is 29.5 Å². The van der Waals surface area contributed by atoms with Gasteiger partial charge in [0.25, 0.3) is 0 Å². The molecule has 2 aliphatic heterocycles. The zero-order valence-electron chi connectivity index (χ0n) is 14.2. The predicted octanol–water partition coefficient (Wildman–Crippen LogP) is 1.05. The van der Waals surface area contributed by atoms with Crippen LogP contribution in [0.1, 0.15) is 33.3 Å². The van der Waals surface area contributed by atoms with E-state index in [9.17, 15) is 4.79 Å². The largest absolute Gasteiger partial charge is 0.521 e. The number of pyridine rings is 2. The van der Waals surface area contributed by atoms with Crippen molar-refractivity contribution < 1.29 is 13.8 Å². The van der Waals surface area contributed by atoms with E-state index in [0.717, 1.165) is 17.0 Å². The Hall–Kier alpha value is -1.92. The lowest BCUT2D eigenvalue weighted by molar-refractivity contribution is -0.560. The zero-order chi connectivity index (χ0) is 16.6. The van der Waals surface area contributed by atoms with Crippen LogP contribution in [-0.4, -0.2) is 22.5 Å². The van der Waals surface area contributed by atoms with Crippen LogP contribution < -0.4 is 15.6 Å². The molecule has 0 atom stereocenters. The van der Waals surface area contributed by atoms with Crippen molar-refractivity contribution in [2.75, 3.05) is 0 Å². The van der Waals surface area contributed by atoms with Crippen LogP contribution in [0.3, 0.4) is 0 Å². The molecule has 6 heteroatoms. The molecule has 4 rings (SSSR count). The van der Waals surface area contributed by atoms with Gasteiger partial charge in [-0.3, -0.25) is 0 Å². The second kappa shape index (κ2) is 4.13. The first-order chi connectivity index (χ1) is 10.7. The summed E-state index contributed by atoms with van der Waals surface area (Å²) in [6.45, 7) is 8.18. The molecule has 5 nitrogen and oxygen atoms in total. The van der Waals surface area contributed by atoms with E-state index in [1.54, 1.807) is 16.7 Å². The van der Waals surface area contributed by atoms with Gasteiger partial charge < -0.3 is 13.8 Å². The molecule has 0 aromatic carbocycles. The SMILES string of the molecule is Cc1cc[n+]2c(c1)-n1c(cccc1=O)[B-]21OC(C)(C)C(C)(C)O1. The molecule has 23 heavy (non-hydrogen) atoms. The zero-order valence-corrected chi connectivity index (χ0v) is 14.2. The molecule has 2 aliphatic rings. The van der Waals surface area contributed by atoms with E-state index in [0.29, 0.717) is 0 Å². The van der Waals surface area contributed by atoms with Gasteiger partial charge in [0.05, 0.1) is 5.59 Å². The molecule has 0 radical (unpaired) electrons. The van der Waals surface area contributed by atoms with E-state index >= 15 is 0 Å². The highest BCUT2D eigenvalue weighted by atomic mass is 16.7. The average molecular weight is 312 g/mol. The maximum absolute atomic E-state index is 12.5. The Labute approximate surface area is 135 Å². The molecule has 0 bridgehead atoms. The second-order valence-corrected chi connectivity index (χ2v) is 7.52. The maximum atomic E-state index is 12.5. The highest BCUT2D eigenvalue weighted by molar-refractivity contribution is 6.74. The van der Waals surface area contributed by atoms with Gasteiger partial charge in [0.15, 0.2) is 0 Å². The minimum Gasteiger partial charge on any atom is -0.516 e. The van der Waals surface area contributed by atoms with Gasteiger partial charge in [-0.1, -0.05) is 6.07 Å². The molecule has 0 unspecified atom stereocenters. The smallest absolute Gasteiger partial charge is 0.516 e. The van der Waals surface area contributed by atoms with Crippen molar-refractivity contribution in [1.29, 1.82) is 0 Å². The van der Waals surface area contributed by atoms with Crippen LogP contribution in [0, 0.1) is 6.92 Å². The number of aryl methyl sites for hydroxylation is 1. The van der Waals surface area contributed by atoms with Crippen LogP contribution in [-0.2, 0) is 9.31 Å². The molecule has 1 fully saturated rings. The minimum absolute atomic E-state index is 0.0738. The van der Waals surface area contributed by atoms with Gasteiger partial charge in [0.1, 0.15) is 0 Å². The summed E-state index contributed by atoms with van der Waals surface area (Å²) in [5.74, 6) is 0.791. The Morgan fingerprint density at radius 2 is 1.74 bits per heavy atom. The first-order valence-corrected chi connectivity index (χ1v) is 7.98. The van der Waals surface area contributed by atoms with Gasteiger partial charge >= 0.3 is 12.2 Å². The third-order valence-corrected chi connectivity index (χ3v) is 5.43. The third-order valence-electron chi connectivity index (χ3n) is 5.43. The minimum atomic E-state index is -1.94. The molecule has 1 saturated heterocycles. The maximum Gasteiger partial charge on any atom is 0.521 e. The van der Waals surface area contributed by atoms with Crippen molar-refractivity contribution >= 4 is 12.3 Å². The summed E-state index contributed by atoms with van der Waals surface area (Å²) in [6, 6.07) is 9.25. The number of hydrogen-bond acceptors (Lipinski definition) is 3. The van der Waals surface area contributed by atoms with Crippen molar-refractivity contribution in [1.82, 2.24) is 4.57 Å². The van der Waals surface area contributed by atoms with E-state index < -0.39 is 17.9 Å². The Morgan fingerprint density at radius 3 is 2.39 bits per heavy atom. The van der Waals surface area contributed by atoms with Crippen molar-refractivity contribution in [3.63, 3.8) is 0 Å². The van der Waals surface area contributed by atoms with Gasteiger partial charge in [-0.2, -0.15) is 4.57 Å². The lowest BCUT2D eigenvalue weighted by Gasteiger charge is -2.36. The molecular formula is C17H21BN2O3. The lowest BCUT2D eigenvalue weighted by Crippen LogP contribution is -2.71. The highest BCUT2D eigenvalue weighted by Crippen LogP contribution is 2.41. The molecule has 120 valence electrons. The number of nitrogens with zero attached hydrogens (tertiary/aromatic N) is 2. The van der Waals surface area contributed by atoms with E-state index in [1.807, 2.05) is 63.5 Å². The summed E-state index contributed by atoms with van der Waals surface area (Å²) in [7, 11) is 0. The van der Waals surface area contributed by atoms with Gasteiger partial charge in [-0.15, -0.1) is 0 Å². The van der Waals surface area contributed by atoms with Crippen molar-refractivity contribution in [3.8, 4) is 5.82 Å². The van der Waals surface area contributed by atoms with Crippen LogP contribution in [0.2, 0.25) is 0 Å².